The molecule has 0 aromatic heterocycles. The summed E-state index contributed by atoms with van der Waals surface area (Å²) in [5.41, 5.74) is 0. The SMILES string of the molecule is COCC[N+](C)(C)CCN=C=S. The minimum absolute atomic E-state index is 0.750. The molecule has 0 fully saturated rings. The minimum atomic E-state index is 0.750. The van der Waals surface area contributed by atoms with Gasteiger partial charge in [0.05, 0.1) is 39.0 Å². The lowest BCUT2D eigenvalue weighted by Crippen LogP contribution is -2.44. The molecular formula is C8H17N2OS+. The summed E-state index contributed by atoms with van der Waals surface area (Å²) in [6.07, 6.45) is 0. The average Bonchev–Trinajstić information content (AvgIpc) is 2.01. The number of isothiocyanates is 1. The highest BCUT2D eigenvalue weighted by Gasteiger charge is 2.12. The van der Waals surface area contributed by atoms with Gasteiger partial charge in [-0.15, -0.1) is 0 Å². The van der Waals surface area contributed by atoms with Crippen LogP contribution in [0.25, 0.3) is 0 Å². The Morgan fingerprint density at radius 1 is 1.42 bits per heavy atom. The summed E-state index contributed by atoms with van der Waals surface area (Å²) in [4.78, 5) is 3.87. The molecule has 0 unspecified atom stereocenters. The zero-order valence-corrected chi connectivity index (χ0v) is 8.86. The Morgan fingerprint density at radius 3 is 2.58 bits per heavy atom. The molecule has 0 N–H and O–H groups in total. The van der Waals surface area contributed by atoms with E-state index in [2.05, 4.69) is 36.5 Å². The van der Waals surface area contributed by atoms with Crippen molar-refractivity contribution >= 4 is 17.4 Å². The molecule has 0 saturated carbocycles. The van der Waals surface area contributed by atoms with Crippen molar-refractivity contribution in [1.82, 2.24) is 0 Å². The highest BCUT2D eigenvalue weighted by molar-refractivity contribution is 7.78. The van der Waals surface area contributed by atoms with Crippen molar-refractivity contribution < 1.29 is 9.22 Å². The van der Waals surface area contributed by atoms with Gasteiger partial charge in [0, 0.05) is 7.11 Å². The maximum Gasteiger partial charge on any atom is 0.102 e. The fourth-order valence-electron chi connectivity index (χ4n) is 0.817. The van der Waals surface area contributed by atoms with Crippen molar-refractivity contribution in [2.45, 2.75) is 0 Å². The van der Waals surface area contributed by atoms with Gasteiger partial charge >= 0.3 is 0 Å². The molecule has 0 rings (SSSR count). The number of methoxy groups -OCH3 is 1. The number of quaternary nitrogens is 1. The summed E-state index contributed by atoms with van der Waals surface area (Å²) in [6.45, 7) is 3.52. The Kier molecular flexibility index (Phi) is 6.11. The van der Waals surface area contributed by atoms with Crippen LogP contribution >= 0.6 is 12.2 Å². The number of thiocarbonyl (C=S) groups is 1. The number of nitrogens with zero attached hydrogens (tertiary/aromatic N) is 2. The van der Waals surface area contributed by atoms with Crippen LogP contribution in [-0.4, -0.2) is 57.1 Å². The van der Waals surface area contributed by atoms with E-state index < -0.39 is 0 Å². The summed E-state index contributed by atoms with van der Waals surface area (Å²) in [5.74, 6) is 0. The molecule has 0 spiro atoms. The summed E-state index contributed by atoms with van der Waals surface area (Å²) < 4.78 is 5.91. The monoisotopic (exact) mass is 189 g/mol. The highest BCUT2D eigenvalue weighted by atomic mass is 32.1. The van der Waals surface area contributed by atoms with E-state index in [0.29, 0.717) is 0 Å². The molecule has 0 atom stereocenters. The van der Waals surface area contributed by atoms with E-state index in [4.69, 9.17) is 4.74 Å². The van der Waals surface area contributed by atoms with Crippen LogP contribution in [0.15, 0.2) is 4.99 Å². The molecule has 0 saturated heterocycles. The van der Waals surface area contributed by atoms with Crippen LogP contribution in [0.1, 0.15) is 0 Å². The Hall–Kier alpha value is -0.280. The molecule has 4 heteroatoms. The van der Waals surface area contributed by atoms with Gasteiger partial charge in [0.25, 0.3) is 0 Å². The van der Waals surface area contributed by atoms with Crippen molar-refractivity contribution in [1.29, 1.82) is 0 Å². The van der Waals surface area contributed by atoms with Crippen LogP contribution in [0.2, 0.25) is 0 Å². The maximum absolute atomic E-state index is 5.00. The molecule has 12 heavy (non-hydrogen) atoms. The number of rotatable bonds is 6. The van der Waals surface area contributed by atoms with E-state index in [1.165, 1.54) is 0 Å². The standard InChI is InChI=1S/C8H17N2OS/c1-10(2,6-7-11-3)5-4-9-8-12/h4-7H2,1-3H3/q+1. The van der Waals surface area contributed by atoms with Gasteiger partial charge in [-0.2, -0.15) is 0 Å². The molecule has 0 bridgehead atoms. The molecule has 70 valence electrons. The lowest BCUT2D eigenvalue weighted by molar-refractivity contribution is -0.889. The van der Waals surface area contributed by atoms with Crippen molar-refractivity contribution in [2.24, 2.45) is 4.99 Å². The first kappa shape index (κ1) is 11.7. The highest BCUT2D eigenvalue weighted by Crippen LogP contribution is 1.95. The molecular weight excluding hydrogens is 172 g/mol. The Balaban J connectivity index is 3.62. The lowest BCUT2D eigenvalue weighted by Gasteiger charge is -2.28. The normalized spacial score (nSPS) is 10.9. The number of ether oxygens (including phenoxy) is 1. The Labute approximate surface area is 79.6 Å². The smallest absolute Gasteiger partial charge is 0.102 e. The first-order valence-corrected chi connectivity index (χ1v) is 4.38. The average molecular weight is 189 g/mol. The van der Waals surface area contributed by atoms with E-state index in [1.54, 1.807) is 7.11 Å². The lowest BCUT2D eigenvalue weighted by atomic mass is 10.4. The van der Waals surface area contributed by atoms with E-state index >= 15 is 0 Å². The maximum atomic E-state index is 5.00. The molecule has 0 amide bonds. The van der Waals surface area contributed by atoms with Gasteiger partial charge < -0.3 is 9.22 Å². The molecule has 0 heterocycles. The predicted molar refractivity (Wildman–Crippen MR) is 53.6 cm³/mol. The third-order valence-electron chi connectivity index (χ3n) is 1.78. The number of hydrogen-bond donors (Lipinski definition) is 0. The van der Waals surface area contributed by atoms with Gasteiger partial charge in [0.1, 0.15) is 6.54 Å². The van der Waals surface area contributed by atoms with Gasteiger partial charge in [-0.3, -0.25) is 0 Å². The topological polar surface area (TPSA) is 21.6 Å². The van der Waals surface area contributed by atoms with E-state index in [-0.39, 0.29) is 0 Å². The van der Waals surface area contributed by atoms with Crippen molar-refractivity contribution in [2.75, 3.05) is 47.4 Å². The minimum Gasteiger partial charge on any atom is -0.379 e. The molecule has 0 aliphatic carbocycles. The number of aliphatic imine (C=N–C) groups is 1. The summed E-state index contributed by atoms with van der Waals surface area (Å²) in [6, 6.07) is 0. The zero-order chi connectivity index (χ0) is 9.45. The number of hydrogen-bond acceptors (Lipinski definition) is 3. The molecule has 0 aromatic carbocycles. The van der Waals surface area contributed by atoms with Crippen LogP contribution in [-0.2, 0) is 4.74 Å². The first-order chi connectivity index (χ1) is 5.62. The third-order valence-corrected chi connectivity index (χ3v) is 1.91. The van der Waals surface area contributed by atoms with Crippen LogP contribution in [0, 0.1) is 0 Å². The molecule has 0 aromatic rings. The van der Waals surface area contributed by atoms with Crippen LogP contribution in [0.3, 0.4) is 0 Å². The number of likely N-dealkylation sites (N-methyl/N-ethyl adjacent to an activating group) is 1. The van der Waals surface area contributed by atoms with Gasteiger partial charge in [-0.25, -0.2) is 4.99 Å². The predicted octanol–water partition coefficient (Wildman–Crippen LogP) is 0.812. The largest absolute Gasteiger partial charge is 0.379 e. The molecule has 0 radical (unpaired) electrons. The summed E-state index contributed by atoms with van der Waals surface area (Å²) in [5, 5.41) is 2.36. The third kappa shape index (κ3) is 6.43. The molecule has 0 aliphatic heterocycles. The van der Waals surface area contributed by atoms with Crippen LogP contribution < -0.4 is 0 Å². The van der Waals surface area contributed by atoms with Crippen molar-refractivity contribution in [3.8, 4) is 0 Å². The van der Waals surface area contributed by atoms with E-state index in [9.17, 15) is 0 Å². The van der Waals surface area contributed by atoms with Crippen LogP contribution in [0.5, 0.6) is 0 Å². The fourth-order valence-corrected chi connectivity index (χ4v) is 0.908. The second-order valence-electron chi connectivity index (χ2n) is 3.35. The van der Waals surface area contributed by atoms with Gasteiger partial charge in [0.15, 0.2) is 0 Å². The van der Waals surface area contributed by atoms with Gasteiger partial charge in [-0.1, -0.05) is 0 Å². The van der Waals surface area contributed by atoms with E-state index in [1.807, 2.05) is 0 Å². The zero-order valence-electron chi connectivity index (χ0n) is 8.04. The molecule has 0 aliphatic rings. The molecule has 3 nitrogen and oxygen atoms in total. The van der Waals surface area contributed by atoms with Gasteiger partial charge in [-0.05, 0) is 12.2 Å². The summed E-state index contributed by atoms with van der Waals surface area (Å²) >= 11 is 4.48. The quantitative estimate of drug-likeness (QED) is 0.350. The second kappa shape index (κ2) is 6.26. The summed E-state index contributed by atoms with van der Waals surface area (Å²) in [7, 11) is 6.02. The van der Waals surface area contributed by atoms with E-state index in [0.717, 1.165) is 30.7 Å². The first-order valence-electron chi connectivity index (χ1n) is 3.97. The second-order valence-corrected chi connectivity index (χ2v) is 3.53. The Morgan fingerprint density at radius 2 is 2.08 bits per heavy atom. The van der Waals surface area contributed by atoms with Crippen molar-refractivity contribution in [3.63, 3.8) is 0 Å². The fraction of sp³-hybridized carbons (Fsp3) is 0.875. The van der Waals surface area contributed by atoms with Crippen LogP contribution in [0.4, 0.5) is 0 Å². The van der Waals surface area contributed by atoms with Gasteiger partial charge in [0.2, 0.25) is 0 Å². The Bertz CT molecular complexity index is 164. The van der Waals surface area contributed by atoms with Crippen molar-refractivity contribution in [3.05, 3.63) is 0 Å².